The normalized spacial score (nSPS) is 16.2. The molecule has 0 aliphatic carbocycles. The van der Waals surface area contributed by atoms with Crippen molar-refractivity contribution < 1.29 is 37.2 Å². The van der Waals surface area contributed by atoms with Crippen LogP contribution in [0.5, 0.6) is 0 Å². The van der Waals surface area contributed by atoms with Crippen molar-refractivity contribution in [3.63, 3.8) is 0 Å². The van der Waals surface area contributed by atoms with Crippen LogP contribution in [0.1, 0.15) is 64.7 Å². The fourth-order valence-electron chi connectivity index (χ4n) is 6.87. The van der Waals surface area contributed by atoms with Crippen molar-refractivity contribution in [1.29, 1.82) is 0 Å². The maximum absolute atomic E-state index is 13.4. The number of carbonyl (C=O) groups excluding carboxylic acids is 4. The Morgan fingerprint density at radius 1 is 0.877 bits per heavy atom. The Morgan fingerprint density at radius 2 is 1.47 bits per heavy atom. The van der Waals surface area contributed by atoms with Crippen LogP contribution in [0.4, 0.5) is 10.0 Å². The summed E-state index contributed by atoms with van der Waals surface area (Å²) < 4.78 is 6.70. The molecule has 0 atom stereocenters. The molecule has 0 unspecified atom stereocenters. The summed E-state index contributed by atoms with van der Waals surface area (Å²) in [5.41, 5.74) is 9.88. The number of fused-ring (bicyclic) bond motifs is 8. The standard InChI is InChI=1S/C17H16N4O2S2.C11H16N2O2S.C8H8N2O2S.I3/c1-19-5-3-9-11(7-19)25-14-13(9)16(23)21-12(18-14)8-20(2)15(22)10-4-6-24-17(10)21;1-3-15-11(14)9-7-4-5-13(2)6-8(7)16-10(9)12;1-10-4-6(11)9-7-5(8(10)12)2-3-13-7;1-3-2/h4,6H,3,5,7-8H2,1-2H3;3-6,12H2,1-2H3;2-3H,4H2,1H3,(H,9,11);/q;;;-1. The number of nitrogens with one attached hydrogen (secondary N) is 1. The van der Waals surface area contributed by atoms with E-state index in [0.29, 0.717) is 63.9 Å². The Morgan fingerprint density at radius 3 is 2.16 bits per heavy atom. The predicted molar refractivity (Wildman–Crippen MR) is 242 cm³/mol. The number of nitrogens with zero attached hydrogens (tertiary/aromatic N) is 6. The summed E-state index contributed by atoms with van der Waals surface area (Å²) in [4.78, 5) is 76.1. The van der Waals surface area contributed by atoms with Gasteiger partial charge in [-0.25, -0.2) is 9.78 Å². The SMILES string of the molecule is CCOC(=O)c1c(N)sc2c1CCN(C)C2.CN1CC(=O)Nc2sccc2C1=O.CN1CCc2c(sc3nc4n(c(=O)c23)-c2sccc2C(=O)N(C)C4)C1.I[I-]I. The van der Waals surface area contributed by atoms with Gasteiger partial charge in [-0.3, -0.25) is 23.7 Å². The number of carbonyl (C=O) groups is 4. The summed E-state index contributed by atoms with van der Waals surface area (Å²) in [6.07, 6.45) is 1.76. The summed E-state index contributed by atoms with van der Waals surface area (Å²) in [5, 5.41) is 9.02. The molecule has 57 heavy (non-hydrogen) atoms. The number of hydrogen-bond donors (Lipinski definition) is 2. The second-order valence-electron chi connectivity index (χ2n) is 13.5. The van der Waals surface area contributed by atoms with Crippen LogP contribution in [-0.2, 0) is 42.0 Å². The van der Waals surface area contributed by atoms with Gasteiger partial charge in [0.15, 0.2) is 0 Å². The second-order valence-corrected chi connectivity index (χ2v) is 33.8. The number of halogens is 3. The minimum atomic E-state index is -0.276. The first-order chi connectivity index (χ1) is 27.3. The summed E-state index contributed by atoms with van der Waals surface area (Å²) in [6.45, 7) is 6.33. The molecule has 4 aliphatic rings. The van der Waals surface area contributed by atoms with E-state index in [9.17, 15) is 24.0 Å². The molecule has 5 aromatic heterocycles. The number of ether oxygens (including phenoxy) is 1. The van der Waals surface area contributed by atoms with Gasteiger partial charge in [0.25, 0.3) is 17.4 Å². The first kappa shape index (κ1) is 44.3. The molecule has 0 saturated heterocycles. The number of hydrogen-bond acceptors (Lipinski definition) is 14. The van der Waals surface area contributed by atoms with Crippen molar-refractivity contribution in [2.45, 2.75) is 39.4 Å². The third kappa shape index (κ3) is 9.55. The van der Waals surface area contributed by atoms with E-state index in [1.165, 1.54) is 48.7 Å². The molecule has 0 fully saturated rings. The van der Waals surface area contributed by atoms with Crippen LogP contribution in [0.3, 0.4) is 0 Å². The number of thiophene rings is 4. The Kier molecular flexibility index (Phi) is 15.1. The van der Waals surface area contributed by atoms with Crippen LogP contribution in [0.2, 0.25) is 0 Å². The van der Waals surface area contributed by atoms with Gasteiger partial charge in [-0.1, -0.05) is 0 Å². The zero-order chi connectivity index (χ0) is 41.1. The van der Waals surface area contributed by atoms with Gasteiger partial charge in [0.05, 0.1) is 41.8 Å². The molecule has 9 rings (SSSR count). The number of nitrogens with two attached hydrogens (primary N) is 1. The van der Waals surface area contributed by atoms with Gasteiger partial charge in [0, 0.05) is 50.0 Å². The summed E-state index contributed by atoms with van der Waals surface area (Å²) in [7, 11) is 7.54. The number of nitrogen functional groups attached to an aromatic ring is 1. The first-order valence-corrected chi connectivity index (χ1v) is 33.6. The van der Waals surface area contributed by atoms with E-state index in [1.807, 2.05) is 5.38 Å². The molecular weight excluding hydrogens is 1150 g/mol. The van der Waals surface area contributed by atoms with E-state index in [2.05, 4.69) is 66.4 Å². The van der Waals surface area contributed by atoms with Crippen LogP contribution in [-0.4, -0.2) is 107 Å². The zero-order valence-electron chi connectivity index (χ0n) is 31.7. The Labute approximate surface area is 375 Å². The molecule has 0 bridgehead atoms. The average molecular weight is 1190 g/mol. The van der Waals surface area contributed by atoms with Crippen molar-refractivity contribution in [2.75, 3.05) is 65.5 Å². The quantitative estimate of drug-likeness (QED) is 0.199. The molecule has 9 heterocycles. The van der Waals surface area contributed by atoms with E-state index in [1.54, 1.807) is 59.3 Å². The zero-order valence-corrected chi connectivity index (χ0v) is 41.4. The van der Waals surface area contributed by atoms with Crippen LogP contribution >= 0.6 is 82.6 Å². The molecular formula is C36H40I3N8O6S4-. The molecule has 21 heteroatoms. The summed E-state index contributed by atoms with van der Waals surface area (Å²) in [6, 6.07) is 3.52. The molecule has 5 aromatic rings. The number of anilines is 2. The van der Waals surface area contributed by atoms with Gasteiger partial charge in [-0.2, -0.15) is 0 Å². The monoisotopic (exact) mass is 1190 g/mol. The number of rotatable bonds is 2. The molecule has 3 amide bonds. The Bertz CT molecular complexity index is 2390. The van der Waals surface area contributed by atoms with E-state index in [-0.39, 0.29) is 35.8 Å². The molecule has 0 spiro atoms. The minimum absolute atomic E-state index is 0.0335. The van der Waals surface area contributed by atoms with Crippen molar-refractivity contribution in [3.8, 4) is 5.00 Å². The average Bonchev–Trinajstić information content (AvgIpc) is 3.94. The maximum atomic E-state index is 13.4. The topological polar surface area (TPSA) is 163 Å². The van der Waals surface area contributed by atoms with Crippen LogP contribution in [0.15, 0.2) is 27.7 Å². The van der Waals surface area contributed by atoms with Crippen molar-refractivity contribution in [2.24, 2.45) is 0 Å². The fourth-order valence-corrected chi connectivity index (χ4v) is 11.1. The molecule has 0 radical (unpaired) electrons. The fraction of sp³-hybridized carbons (Fsp3) is 0.389. The van der Waals surface area contributed by atoms with E-state index in [0.717, 1.165) is 60.4 Å². The number of esters is 1. The molecule has 0 aromatic carbocycles. The number of aromatic nitrogens is 2. The second kappa shape index (κ2) is 19.4. The van der Waals surface area contributed by atoms with Gasteiger partial charge in [0.2, 0.25) is 5.91 Å². The first-order valence-electron chi connectivity index (χ1n) is 17.6. The van der Waals surface area contributed by atoms with E-state index in [4.69, 9.17) is 15.5 Å². The third-order valence-corrected chi connectivity index (χ3v) is 13.5. The number of amides is 3. The molecule has 0 saturated carbocycles. The van der Waals surface area contributed by atoms with Crippen LogP contribution in [0, 0.1) is 0 Å². The number of likely N-dealkylation sites (N-methyl/N-ethyl adjacent to an activating group) is 3. The van der Waals surface area contributed by atoms with Gasteiger partial charge in [-0.15, -0.1) is 45.3 Å². The van der Waals surface area contributed by atoms with Gasteiger partial charge < -0.3 is 35.4 Å². The summed E-state index contributed by atoms with van der Waals surface area (Å²) in [5.74, 6) is 0.0587. The Hall–Kier alpha value is -2.27. The van der Waals surface area contributed by atoms with E-state index >= 15 is 0 Å². The Balaban J connectivity index is 0.000000148. The van der Waals surface area contributed by atoms with E-state index < -0.39 is 0 Å². The summed E-state index contributed by atoms with van der Waals surface area (Å²) >= 11 is 11.2. The van der Waals surface area contributed by atoms with Crippen molar-refractivity contribution in [3.05, 3.63) is 76.6 Å². The molecule has 3 N–H and O–H groups in total. The molecule has 14 nitrogen and oxygen atoms in total. The third-order valence-electron chi connectivity index (χ3n) is 9.57. The molecule has 4 aliphatic heterocycles. The van der Waals surface area contributed by atoms with Crippen molar-refractivity contribution in [1.82, 2.24) is 29.2 Å². The van der Waals surface area contributed by atoms with Crippen molar-refractivity contribution >= 4 is 126 Å². The van der Waals surface area contributed by atoms with Gasteiger partial charge in [-0.05, 0) is 67.9 Å². The predicted octanol–water partition coefficient (Wildman–Crippen LogP) is 3.12. The van der Waals surface area contributed by atoms with Gasteiger partial charge >= 0.3 is 56.5 Å². The van der Waals surface area contributed by atoms with Gasteiger partial charge in [0.1, 0.15) is 25.7 Å². The molecule has 306 valence electrons. The van der Waals surface area contributed by atoms with Crippen LogP contribution in [0.25, 0.3) is 15.2 Å². The van der Waals surface area contributed by atoms with Crippen LogP contribution < -0.4 is 29.9 Å².